The summed E-state index contributed by atoms with van der Waals surface area (Å²) in [6.07, 6.45) is -3.47. The summed E-state index contributed by atoms with van der Waals surface area (Å²) in [5.74, 6) is -1.67. The zero-order valence-electron chi connectivity index (χ0n) is 21.2. The molecule has 2 fully saturated rings. The van der Waals surface area contributed by atoms with Gasteiger partial charge in [0.05, 0.1) is 17.8 Å². The van der Waals surface area contributed by atoms with Gasteiger partial charge < -0.3 is 25.1 Å². The Hall–Kier alpha value is -2.83. The number of anilines is 1. The molecule has 2 unspecified atom stereocenters. The normalized spacial score (nSPS) is 23.8. The zero-order chi connectivity index (χ0) is 27.0. The summed E-state index contributed by atoms with van der Waals surface area (Å²) < 4.78 is 16.0. The Kier molecular flexibility index (Phi) is 7.92. The van der Waals surface area contributed by atoms with Gasteiger partial charge in [-0.25, -0.2) is 9.59 Å². The van der Waals surface area contributed by atoms with Gasteiger partial charge in [0.25, 0.3) is 5.91 Å². The number of thioether (sulfide) groups is 1. The standard InChI is InChI=1S/C24H33N3O8S/c1-23(2,3)34-21(31)13-9-7-8-10-14(13)26(16(29)11-25)17-18(30)27-19(15(28)12-36-20(17)27)33-22(32)35-24(4,5)6/h7-10,15,17,19-20,28H,11-12,25H2,1-6H3/t15?,17-,19?,20+/m1/s1. The number of β-lactam (4-membered cyclic amide) rings is 1. The van der Waals surface area contributed by atoms with Crippen molar-refractivity contribution in [1.29, 1.82) is 0 Å². The average molecular weight is 524 g/mol. The summed E-state index contributed by atoms with van der Waals surface area (Å²) >= 11 is 1.22. The van der Waals surface area contributed by atoms with Crippen molar-refractivity contribution in [3.8, 4) is 0 Å². The third-order valence-corrected chi connectivity index (χ3v) is 6.56. The summed E-state index contributed by atoms with van der Waals surface area (Å²) in [6, 6.07) is 5.27. The van der Waals surface area contributed by atoms with Crippen LogP contribution in [0, 0.1) is 0 Å². The van der Waals surface area contributed by atoms with E-state index in [9.17, 15) is 24.3 Å². The second-order valence-corrected chi connectivity index (χ2v) is 11.6. The number of benzene rings is 1. The molecule has 198 valence electrons. The molecule has 2 aliphatic rings. The smallest absolute Gasteiger partial charge is 0.456 e. The molecule has 0 aliphatic carbocycles. The molecule has 0 radical (unpaired) electrons. The summed E-state index contributed by atoms with van der Waals surface area (Å²) in [7, 11) is 0. The summed E-state index contributed by atoms with van der Waals surface area (Å²) in [5, 5.41) is 9.81. The fraction of sp³-hybridized carbons (Fsp3) is 0.583. The topological polar surface area (TPSA) is 149 Å². The number of esters is 1. The van der Waals surface area contributed by atoms with Crippen molar-refractivity contribution >= 4 is 41.4 Å². The lowest BCUT2D eigenvalue weighted by molar-refractivity contribution is -0.178. The van der Waals surface area contributed by atoms with E-state index in [2.05, 4.69) is 0 Å². The number of carbonyl (C=O) groups is 4. The minimum absolute atomic E-state index is 0.0999. The van der Waals surface area contributed by atoms with E-state index in [-0.39, 0.29) is 17.0 Å². The number of hydrogen-bond acceptors (Lipinski definition) is 10. The number of aliphatic hydroxyl groups is 1. The van der Waals surface area contributed by atoms with E-state index in [1.54, 1.807) is 59.7 Å². The second kappa shape index (κ2) is 10.3. The Balaban J connectivity index is 1.92. The quantitative estimate of drug-likeness (QED) is 0.433. The maximum absolute atomic E-state index is 13.4. The van der Waals surface area contributed by atoms with Gasteiger partial charge in [-0.15, -0.1) is 11.8 Å². The average Bonchev–Trinajstić information content (AvgIpc) is 2.75. The monoisotopic (exact) mass is 523 g/mol. The molecule has 2 aliphatic heterocycles. The fourth-order valence-electron chi connectivity index (χ4n) is 3.85. The summed E-state index contributed by atoms with van der Waals surface area (Å²) in [5.41, 5.74) is 4.34. The number of ether oxygens (including phenoxy) is 3. The van der Waals surface area contributed by atoms with E-state index in [1.165, 1.54) is 27.6 Å². The molecule has 2 amide bonds. The fourth-order valence-corrected chi connectivity index (χ4v) is 5.21. The Morgan fingerprint density at radius 2 is 1.72 bits per heavy atom. The third kappa shape index (κ3) is 5.93. The van der Waals surface area contributed by atoms with Crippen molar-refractivity contribution in [1.82, 2.24) is 4.90 Å². The predicted molar refractivity (Wildman–Crippen MR) is 132 cm³/mol. The molecule has 0 aromatic heterocycles. The van der Waals surface area contributed by atoms with Gasteiger partial charge in [0.2, 0.25) is 12.1 Å². The molecule has 36 heavy (non-hydrogen) atoms. The molecule has 1 aromatic carbocycles. The number of amides is 2. The number of nitrogens with two attached hydrogens (primary N) is 1. The van der Waals surface area contributed by atoms with Crippen LogP contribution in [0.2, 0.25) is 0 Å². The number of carbonyl (C=O) groups excluding carboxylic acids is 4. The minimum Gasteiger partial charge on any atom is -0.456 e. The van der Waals surface area contributed by atoms with Crippen molar-refractivity contribution in [2.75, 3.05) is 17.2 Å². The van der Waals surface area contributed by atoms with Crippen molar-refractivity contribution in [3.63, 3.8) is 0 Å². The molecular weight excluding hydrogens is 490 g/mol. The molecule has 2 saturated heterocycles. The van der Waals surface area contributed by atoms with Crippen LogP contribution in [0.1, 0.15) is 51.9 Å². The largest absolute Gasteiger partial charge is 0.510 e. The van der Waals surface area contributed by atoms with Gasteiger partial charge in [0.15, 0.2) is 0 Å². The molecule has 0 bridgehead atoms. The molecule has 3 rings (SSSR count). The number of aliphatic hydroxyl groups excluding tert-OH is 1. The highest BCUT2D eigenvalue weighted by molar-refractivity contribution is 8.00. The van der Waals surface area contributed by atoms with E-state index in [0.717, 1.165) is 0 Å². The molecule has 0 spiro atoms. The van der Waals surface area contributed by atoms with Gasteiger partial charge in [-0.2, -0.15) is 0 Å². The highest BCUT2D eigenvalue weighted by Crippen LogP contribution is 2.43. The Bertz CT molecular complexity index is 1030. The Morgan fingerprint density at radius 1 is 1.11 bits per heavy atom. The van der Waals surface area contributed by atoms with Gasteiger partial charge in [-0.3, -0.25) is 19.4 Å². The van der Waals surface area contributed by atoms with Crippen LogP contribution in [0.15, 0.2) is 24.3 Å². The molecule has 4 atom stereocenters. The van der Waals surface area contributed by atoms with Gasteiger partial charge in [0.1, 0.15) is 28.7 Å². The van der Waals surface area contributed by atoms with Crippen LogP contribution in [0.5, 0.6) is 0 Å². The number of hydrogen-bond donors (Lipinski definition) is 2. The molecule has 11 nitrogen and oxygen atoms in total. The number of para-hydroxylation sites is 1. The lowest BCUT2D eigenvalue weighted by Crippen LogP contribution is -2.77. The van der Waals surface area contributed by atoms with E-state index in [4.69, 9.17) is 19.9 Å². The van der Waals surface area contributed by atoms with Crippen LogP contribution in [0.25, 0.3) is 0 Å². The van der Waals surface area contributed by atoms with Crippen LogP contribution in [-0.4, -0.2) is 81.2 Å². The molecule has 3 N–H and O–H groups in total. The van der Waals surface area contributed by atoms with E-state index < -0.39 is 65.4 Å². The minimum atomic E-state index is -1.29. The van der Waals surface area contributed by atoms with E-state index >= 15 is 0 Å². The number of fused-ring (bicyclic) bond motifs is 1. The zero-order valence-corrected chi connectivity index (χ0v) is 22.0. The van der Waals surface area contributed by atoms with Crippen LogP contribution in [0.4, 0.5) is 10.5 Å². The van der Waals surface area contributed by atoms with Crippen LogP contribution in [-0.2, 0) is 23.8 Å². The van der Waals surface area contributed by atoms with Gasteiger partial charge in [-0.1, -0.05) is 12.1 Å². The highest BCUT2D eigenvalue weighted by atomic mass is 32.2. The lowest BCUT2D eigenvalue weighted by atomic mass is 10.00. The van der Waals surface area contributed by atoms with Crippen molar-refractivity contribution in [3.05, 3.63) is 29.8 Å². The predicted octanol–water partition coefficient (Wildman–Crippen LogP) is 1.86. The van der Waals surface area contributed by atoms with Gasteiger partial charge in [0, 0.05) is 5.75 Å². The lowest BCUT2D eigenvalue weighted by Gasteiger charge is -2.56. The highest BCUT2D eigenvalue weighted by Gasteiger charge is 2.60. The van der Waals surface area contributed by atoms with Crippen LogP contribution < -0.4 is 10.6 Å². The first kappa shape index (κ1) is 27.8. The SMILES string of the molecule is CC(C)(C)OC(=O)OC1C(O)CS[C@H]2[C@H](N(C(=O)CN)c3ccccc3C(=O)OC(C)(C)C)C(=O)N12. The molecule has 0 saturated carbocycles. The van der Waals surface area contributed by atoms with E-state index in [1.807, 2.05) is 0 Å². The maximum atomic E-state index is 13.4. The maximum Gasteiger partial charge on any atom is 0.510 e. The Morgan fingerprint density at radius 3 is 2.31 bits per heavy atom. The molecule has 1 aromatic rings. The number of rotatable bonds is 5. The van der Waals surface area contributed by atoms with Crippen molar-refractivity contribution < 1.29 is 38.5 Å². The Labute approximate surface area is 214 Å². The van der Waals surface area contributed by atoms with Gasteiger partial charge >= 0.3 is 12.1 Å². The van der Waals surface area contributed by atoms with Crippen LogP contribution in [0.3, 0.4) is 0 Å². The first-order chi connectivity index (χ1) is 16.6. The van der Waals surface area contributed by atoms with E-state index in [0.29, 0.717) is 0 Å². The molecule has 12 heteroatoms. The first-order valence-electron chi connectivity index (χ1n) is 11.5. The van der Waals surface area contributed by atoms with Gasteiger partial charge in [-0.05, 0) is 53.7 Å². The van der Waals surface area contributed by atoms with Crippen LogP contribution >= 0.6 is 11.8 Å². The third-order valence-electron chi connectivity index (χ3n) is 5.20. The second-order valence-electron chi connectivity index (χ2n) is 10.4. The summed E-state index contributed by atoms with van der Waals surface area (Å²) in [6.45, 7) is 9.73. The van der Waals surface area contributed by atoms with Crippen molar-refractivity contribution in [2.45, 2.75) is 76.5 Å². The van der Waals surface area contributed by atoms with Crippen molar-refractivity contribution in [2.24, 2.45) is 5.73 Å². The molecule has 2 heterocycles. The molecular formula is C24H33N3O8S. The number of nitrogens with zero attached hydrogens (tertiary/aromatic N) is 2. The first-order valence-corrected chi connectivity index (χ1v) is 12.6. The summed E-state index contributed by atoms with van der Waals surface area (Å²) in [4.78, 5) is 54.0.